The van der Waals surface area contributed by atoms with Crippen molar-refractivity contribution in [3.05, 3.63) is 60.4 Å². The van der Waals surface area contributed by atoms with E-state index in [9.17, 15) is 13.2 Å². The van der Waals surface area contributed by atoms with Crippen LogP contribution in [0.25, 0.3) is 17.1 Å². The number of benzene rings is 1. The van der Waals surface area contributed by atoms with Crippen molar-refractivity contribution in [2.24, 2.45) is 0 Å². The predicted molar refractivity (Wildman–Crippen MR) is 94.3 cm³/mol. The van der Waals surface area contributed by atoms with Gasteiger partial charge in [0.2, 0.25) is 0 Å². The lowest BCUT2D eigenvalue weighted by molar-refractivity contribution is -0.124. The van der Waals surface area contributed by atoms with Crippen molar-refractivity contribution >= 4 is 33.0 Å². The molecule has 0 atom stereocenters. The maximum atomic E-state index is 12.8. The lowest BCUT2D eigenvalue weighted by atomic mass is 10.2. The Kier molecular flexibility index (Phi) is 4.74. The highest BCUT2D eigenvalue weighted by Gasteiger charge is 2.19. The molecule has 0 saturated heterocycles. The summed E-state index contributed by atoms with van der Waals surface area (Å²) in [6.45, 7) is 0. The summed E-state index contributed by atoms with van der Waals surface area (Å²) in [5.74, 6) is -0.118. The average Bonchev–Trinajstić information content (AvgIpc) is 3.10. The molecule has 8 nitrogen and oxygen atoms in total. The van der Waals surface area contributed by atoms with Crippen LogP contribution in [-0.2, 0) is 14.8 Å². The standard InChI is InChI=1S/C17H15N3O5S/c1-25-14-3-5-15(6-4-14)26(23,24)20-9-8-13-10-12(11-18-17(13)20)2-7-16(21)19-22/h2-11,22H,1H3,(H,19,21). The third-order valence-electron chi connectivity index (χ3n) is 3.67. The summed E-state index contributed by atoms with van der Waals surface area (Å²) in [4.78, 5) is 15.3. The smallest absolute Gasteiger partial charge is 0.269 e. The topological polar surface area (TPSA) is 111 Å². The van der Waals surface area contributed by atoms with Crippen LogP contribution >= 0.6 is 0 Å². The van der Waals surface area contributed by atoms with E-state index in [0.717, 1.165) is 10.0 Å². The quantitative estimate of drug-likeness (QED) is 0.401. The number of pyridine rings is 1. The van der Waals surface area contributed by atoms with Crippen molar-refractivity contribution in [3.8, 4) is 5.75 Å². The van der Waals surface area contributed by atoms with Crippen LogP contribution in [0.15, 0.2) is 59.8 Å². The molecule has 1 aromatic carbocycles. The number of rotatable bonds is 5. The highest BCUT2D eigenvalue weighted by Crippen LogP contribution is 2.23. The molecule has 1 amide bonds. The van der Waals surface area contributed by atoms with E-state index < -0.39 is 15.9 Å². The van der Waals surface area contributed by atoms with Crippen LogP contribution in [0.1, 0.15) is 5.56 Å². The first-order valence-electron chi connectivity index (χ1n) is 7.44. The first kappa shape index (κ1) is 17.6. The fourth-order valence-corrected chi connectivity index (χ4v) is 3.68. The van der Waals surface area contributed by atoms with E-state index in [-0.39, 0.29) is 10.5 Å². The number of nitrogens with one attached hydrogen (secondary N) is 1. The second kappa shape index (κ2) is 6.98. The van der Waals surface area contributed by atoms with Gasteiger partial charge in [-0.3, -0.25) is 10.0 Å². The van der Waals surface area contributed by atoms with Gasteiger partial charge in [0.15, 0.2) is 5.65 Å². The molecule has 0 aliphatic rings. The molecule has 0 bridgehead atoms. The number of hydroxylamine groups is 1. The molecule has 134 valence electrons. The first-order valence-corrected chi connectivity index (χ1v) is 8.88. The molecule has 9 heteroatoms. The van der Waals surface area contributed by atoms with E-state index >= 15 is 0 Å². The monoisotopic (exact) mass is 373 g/mol. The number of methoxy groups -OCH3 is 1. The van der Waals surface area contributed by atoms with Crippen molar-refractivity contribution < 1.29 is 23.2 Å². The minimum Gasteiger partial charge on any atom is -0.497 e. The van der Waals surface area contributed by atoms with Gasteiger partial charge in [-0.2, -0.15) is 0 Å². The number of hydrogen-bond acceptors (Lipinski definition) is 6. The molecule has 0 unspecified atom stereocenters. The fourth-order valence-electron chi connectivity index (χ4n) is 2.37. The van der Waals surface area contributed by atoms with Crippen LogP contribution in [0.2, 0.25) is 0 Å². The molecule has 0 spiro atoms. The zero-order valence-electron chi connectivity index (χ0n) is 13.7. The molecule has 2 heterocycles. The zero-order valence-corrected chi connectivity index (χ0v) is 14.5. The summed E-state index contributed by atoms with van der Waals surface area (Å²) in [7, 11) is -2.30. The van der Waals surface area contributed by atoms with Gasteiger partial charge in [0.1, 0.15) is 5.75 Å². The summed E-state index contributed by atoms with van der Waals surface area (Å²) < 4.78 is 31.8. The maximum absolute atomic E-state index is 12.8. The van der Waals surface area contributed by atoms with Gasteiger partial charge < -0.3 is 4.74 Å². The Labute approximate surface area is 149 Å². The van der Waals surface area contributed by atoms with Crippen molar-refractivity contribution in [1.82, 2.24) is 14.4 Å². The third-order valence-corrected chi connectivity index (χ3v) is 5.35. The maximum Gasteiger partial charge on any atom is 0.269 e. The number of fused-ring (bicyclic) bond motifs is 1. The Balaban J connectivity index is 2.00. The van der Waals surface area contributed by atoms with Gasteiger partial charge in [0, 0.05) is 23.9 Å². The number of ether oxygens (including phenoxy) is 1. The Morgan fingerprint density at radius 1 is 1.27 bits per heavy atom. The van der Waals surface area contributed by atoms with Gasteiger partial charge in [0.25, 0.3) is 15.9 Å². The number of carbonyl (C=O) groups excluding carboxylic acids is 1. The van der Waals surface area contributed by atoms with E-state index in [1.165, 1.54) is 43.2 Å². The van der Waals surface area contributed by atoms with Gasteiger partial charge in [-0.15, -0.1) is 0 Å². The number of aromatic nitrogens is 2. The molecule has 2 N–H and O–H groups in total. The summed E-state index contributed by atoms with van der Waals surface area (Å²) in [6, 6.07) is 9.37. The average molecular weight is 373 g/mol. The molecule has 3 aromatic rings. The highest BCUT2D eigenvalue weighted by molar-refractivity contribution is 7.90. The molecular weight excluding hydrogens is 358 g/mol. The minimum absolute atomic E-state index is 0.112. The zero-order chi connectivity index (χ0) is 18.7. The summed E-state index contributed by atoms with van der Waals surface area (Å²) in [5.41, 5.74) is 2.34. The summed E-state index contributed by atoms with van der Waals surface area (Å²) in [5, 5.41) is 9.07. The third kappa shape index (κ3) is 3.30. The SMILES string of the molecule is COc1ccc(S(=O)(=O)n2ccc3cc(C=CC(=O)NO)cnc32)cc1. The van der Waals surface area contributed by atoms with Crippen molar-refractivity contribution in [3.63, 3.8) is 0 Å². The summed E-state index contributed by atoms with van der Waals surface area (Å²) >= 11 is 0. The lowest BCUT2D eigenvalue weighted by Crippen LogP contribution is -2.14. The molecule has 0 radical (unpaired) electrons. The van der Waals surface area contributed by atoms with Gasteiger partial charge >= 0.3 is 0 Å². The Hall–Kier alpha value is -3.17. The van der Waals surface area contributed by atoms with Crippen LogP contribution in [0.4, 0.5) is 0 Å². The normalized spacial score (nSPS) is 11.8. The largest absolute Gasteiger partial charge is 0.497 e. The lowest BCUT2D eigenvalue weighted by Gasteiger charge is -2.08. The molecule has 26 heavy (non-hydrogen) atoms. The van der Waals surface area contributed by atoms with E-state index in [4.69, 9.17) is 9.94 Å². The Morgan fingerprint density at radius 3 is 2.65 bits per heavy atom. The Bertz CT molecular complexity index is 1090. The molecule has 0 aliphatic heterocycles. The van der Waals surface area contributed by atoms with Crippen molar-refractivity contribution in [2.75, 3.05) is 7.11 Å². The highest BCUT2D eigenvalue weighted by atomic mass is 32.2. The van der Waals surface area contributed by atoms with Crippen LogP contribution in [0.3, 0.4) is 0 Å². The van der Waals surface area contributed by atoms with Gasteiger partial charge in [-0.05, 0) is 48.0 Å². The molecule has 3 rings (SSSR count). The molecule has 0 saturated carbocycles. The van der Waals surface area contributed by atoms with Crippen molar-refractivity contribution in [2.45, 2.75) is 4.90 Å². The summed E-state index contributed by atoms with van der Waals surface area (Å²) in [6.07, 6.45) is 5.44. The van der Waals surface area contributed by atoms with Crippen LogP contribution in [0, 0.1) is 0 Å². The van der Waals surface area contributed by atoms with Gasteiger partial charge in [-0.1, -0.05) is 0 Å². The van der Waals surface area contributed by atoms with E-state index in [1.807, 2.05) is 0 Å². The van der Waals surface area contributed by atoms with Gasteiger partial charge in [0.05, 0.1) is 12.0 Å². The molecular formula is C17H15N3O5S. The van der Waals surface area contributed by atoms with Crippen LogP contribution in [0.5, 0.6) is 5.75 Å². The molecule has 0 fully saturated rings. The molecule has 2 aromatic heterocycles. The van der Waals surface area contributed by atoms with Crippen molar-refractivity contribution in [1.29, 1.82) is 0 Å². The second-order valence-electron chi connectivity index (χ2n) is 5.28. The van der Waals surface area contributed by atoms with Crippen LogP contribution < -0.4 is 10.2 Å². The van der Waals surface area contributed by atoms with E-state index in [2.05, 4.69) is 4.98 Å². The number of nitrogens with zero attached hydrogens (tertiary/aromatic N) is 2. The fraction of sp³-hybridized carbons (Fsp3) is 0.0588. The molecule has 0 aliphatic carbocycles. The number of amides is 1. The van der Waals surface area contributed by atoms with Crippen LogP contribution in [-0.4, -0.2) is 35.6 Å². The first-order chi connectivity index (χ1) is 12.5. The van der Waals surface area contributed by atoms with Gasteiger partial charge in [-0.25, -0.2) is 22.9 Å². The van der Waals surface area contributed by atoms with E-state index in [0.29, 0.717) is 16.7 Å². The Morgan fingerprint density at radius 2 is 2.00 bits per heavy atom. The second-order valence-corrected chi connectivity index (χ2v) is 7.10. The predicted octanol–water partition coefficient (Wildman–Crippen LogP) is 1.80. The van der Waals surface area contributed by atoms with E-state index in [1.54, 1.807) is 24.3 Å². The number of carbonyl (C=O) groups is 1. The minimum atomic E-state index is -3.81. The number of hydrogen-bond donors (Lipinski definition) is 2.